The summed E-state index contributed by atoms with van der Waals surface area (Å²) in [6, 6.07) is 2.43. The molecule has 0 spiro atoms. The van der Waals surface area contributed by atoms with Gasteiger partial charge >= 0.3 is 0 Å². The van der Waals surface area contributed by atoms with E-state index >= 15 is 0 Å². The van der Waals surface area contributed by atoms with Crippen LogP contribution in [-0.4, -0.2) is 11.1 Å². The predicted octanol–water partition coefficient (Wildman–Crippen LogP) is 3.00. The number of aromatic nitrogens is 1. The predicted molar refractivity (Wildman–Crippen MR) is 65.0 cm³/mol. The van der Waals surface area contributed by atoms with Crippen molar-refractivity contribution in [2.75, 3.05) is 6.54 Å². The first-order chi connectivity index (χ1) is 8.04. The number of rotatable bonds is 3. The van der Waals surface area contributed by atoms with Crippen LogP contribution in [0.2, 0.25) is 0 Å². The van der Waals surface area contributed by atoms with Gasteiger partial charge in [0.2, 0.25) is 0 Å². The van der Waals surface area contributed by atoms with Crippen molar-refractivity contribution in [3.8, 4) is 0 Å². The first kappa shape index (κ1) is 12.0. The molecule has 0 atom stereocenters. The van der Waals surface area contributed by atoms with E-state index in [0.717, 1.165) is 11.6 Å². The molecule has 1 heterocycles. The van der Waals surface area contributed by atoms with Crippen molar-refractivity contribution in [1.82, 2.24) is 4.57 Å². The summed E-state index contributed by atoms with van der Waals surface area (Å²) in [5.74, 6) is -1.06. The molecule has 0 saturated heterocycles. The van der Waals surface area contributed by atoms with Crippen LogP contribution in [0.3, 0.4) is 0 Å². The van der Waals surface area contributed by atoms with Gasteiger partial charge < -0.3 is 10.3 Å². The number of hydrogen-bond acceptors (Lipinski definition) is 1. The zero-order valence-corrected chi connectivity index (χ0v) is 10.0. The molecular weight excluding hydrogens is 222 g/mol. The summed E-state index contributed by atoms with van der Waals surface area (Å²) < 4.78 is 28.9. The minimum absolute atomic E-state index is 0.129. The van der Waals surface area contributed by atoms with Crippen molar-refractivity contribution >= 4 is 10.9 Å². The normalized spacial score (nSPS) is 11.6. The van der Waals surface area contributed by atoms with E-state index in [0.29, 0.717) is 23.9 Å². The first-order valence-corrected chi connectivity index (χ1v) is 5.73. The molecule has 17 heavy (non-hydrogen) atoms. The number of halogens is 2. The SMILES string of the molecule is CC(C)n1cc(CCN)c2cc(F)cc(F)c21. The summed E-state index contributed by atoms with van der Waals surface area (Å²) in [5, 5.41) is 0.627. The quantitative estimate of drug-likeness (QED) is 0.875. The maximum atomic E-state index is 13.8. The van der Waals surface area contributed by atoms with E-state index in [1.54, 1.807) is 0 Å². The van der Waals surface area contributed by atoms with E-state index in [4.69, 9.17) is 5.73 Å². The Kier molecular flexibility index (Phi) is 3.15. The molecule has 0 aliphatic carbocycles. The van der Waals surface area contributed by atoms with Crippen LogP contribution in [0.25, 0.3) is 10.9 Å². The van der Waals surface area contributed by atoms with Crippen LogP contribution in [0.5, 0.6) is 0 Å². The Balaban J connectivity index is 2.76. The molecule has 4 heteroatoms. The largest absolute Gasteiger partial charge is 0.342 e. The van der Waals surface area contributed by atoms with Crippen molar-refractivity contribution in [1.29, 1.82) is 0 Å². The average Bonchev–Trinajstić information content (AvgIpc) is 2.58. The molecule has 0 bridgehead atoms. The Bertz CT molecular complexity index is 544. The minimum atomic E-state index is -0.547. The summed E-state index contributed by atoms with van der Waals surface area (Å²) in [4.78, 5) is 0. The molecule has 2 aromatic rings. The van der Waals surface area contributed by atoms with Crippen molar-refractivity contribution < 1.29 is 8.78 Å². The standard InChI is InChI=1S/C13H16F2N2/c1-8(2)17-7-9(3-4-16)11-5-10(14)6-12(15)13(11)17/h5-8H,3-4,16H2,1-2H3. The van der Waals surface area contributed by atoms with Gasteiger partial charge in [-0.15, -0.1) is 0 Å². The van der Waals surface area contributed by atoms with Gasteiger partial charge in [-0.1, -0.05) is 0 Å². The van der Waals surface area contributed by atoms with Crippen molar-refractivity contribution in [3.05, 3.63) is 35.5 Å². The third-order valence-electron chi connectivity index (χ3n) is 2.90. The Labute approximate surface area is 99.0 Å². The van der Waals surface area contributed by atoms with Gasteiger partial charge in [0.15, 0.2) is 0 Å². The number of nitrogens with zero attached hydrogens (tertiary/aromatic N) is 1. The van der Waals surface area contributed by atoms with Crippen LogP contribution in [0.4, 0.5) is 8.78 Å². The maximum absolute atomic E-state index is 13.8. The third-order valence-corrected chi connectivity index (χ3v) is 2.90. The van der Waals surface area contributed by atoms with Crippen LogP contribution >= 0.6 is 0 Å². The van der Waals surface area contributed by atoms with Gasteiger partial charge in [0.25, 0.3) is 0 Å². The highest BCUT2D eigenvalue weighted by Gasteiger charge is 2.15. The molecule has 1 aromatic heterocycles. The summed E-state index contributed by atoms with van der Waals surface area (Å²) in [6.07, 6.45) is 2.49. The highest BCUT2D eigenvalue weighted by atomic mass is 19.1. The van der Waals surface area contributed by atoms with E-state index in [1.807, 2.05) is 24.6 Å². The van der Waals surface area contributed by atoms with Crippen LogP contribution in [0.15, 0.2) is 18.3 Å². The number of benzene rings is 1. The molecular formula is C13H16F2N2. The second kappa shape index (κ2) is 4.45. The van der Waals surface area contributed by atoms with Crippen LogP contribution in [-0.2, 0) is 6.42 Å². The molecule has 0 amide bonds. The Morgan fingerprint density at radius 1 is 1.29 bits per heavy atom. The van der Waals surface area contributed by atoms with Gasteiger partial charge in [-0.3, -0.25) is 0 Å². The van der Waals surface area contributed by atoms with Crippen LogP contribution in [0.1, 0.15) is 25.5 Å². The zero-order chi connectivity index (χ0) is 12.6. The number of fused-ring (bicyclic) bond motifs is 1. The fourth-order valence-corrected chi connectivity index (χ4v) is 2.14. The van der Waals surface area contributed by atoms with Crippen molar-refractivity contribution in [3.63, 3.8) is 0 Å². The van der Waals surface area contributed by atoms with Gasteiger partial charge in [0.05, 0.1) is 5.52 Å². The highest BCUT2D eigenvalue weighted by molar-refractivity contribution is 5.84. The van der Waals surface area contributed by atoms with E-state index in [9.17, 15) is 8.78 Å². The van der Waals surface area contributed by atoms with E-state index in [1.165, 1.54) is 6.07 Å². The van der Waals surface area contributed by atoms with Gasteiger partial charge in [0, 0.05) is 23.7 Å². The second-order valence-electron chi connectivity index (χ2n) is 4.48. The number of hydrogen-bond donors (Lipinski definition) is 1. The highest BCUT2D eigenvalue weighted by Crippen LogP contribution is 2.28. The van der Waals surface area contributed by atoms with Gasteiger partial charge in [-0.25, -0.2) is 8.78 Å². The first-order valence-electron chi connectivity index (χ1n) is 5.73. The molecule has 0 aliphatic rings. The Hall–Kier alpha value is -1.42. The van der Waals surface area contributed by atoms with Gasteiger partial charge in [-0.05, 0) is 38.4 Å². The molecule has 0 aliphatic heterocycles. The molecule has 0 radical (unpaired) electrons. The lowest BCUT2D eigenvalue weighted by atomic mass is 10.1. The molecule has 2 nitrogen and oxygen atoms in total. The van der Waals surface area contributed by atoms with Crippen LogP contribution < -0.4 is 5.73 Å². The Morgan fingerprint density at radius 2 is 2.00 bits per heavy atom. The monoisotopic (exact) mass is 238 g/mol. The molecule has 0 fully saturated rings. The minimum Gasteiger partial charge on any atom is -0.342 e. The van der Waals surface area contributed by atoms with E-state index in [-0.39, 0.29) is 6.04 Å². The zero-order valence-electron chi connectivity index (χ0n) is 10.0. The average molecular weight is 238 g/mol. The summed E-state index contributed by atoms with van der Waals surface area (Å²) in [5.41, 5.74) is 6.88. The lowest BCUT2D eigenvalue weighted by molar-refractivity contribution is 0.570. The molecule has 2 rings (SSSR count). The molecule has 0 unspecified atom stereocenters. The van der Waals surface area contributed by atoms with Crippen molar-refractivity contribution in [2.24, 2.45) is 5.73 Å². The lowest BCUT2D eigenvalue weighted by Crippen LogP contribution is -2.02. The van der Waals surface area contributed by atoms with Gasteiger partial charge in [-0.2, -0.15) is 0 Å². The summed E-state index contributed by atoms with van der Waals surface area (Å²) >= 11 is 0. The third kappa shape index (κ3) is 2.05. The van der Waals surface area contributed by atoms with Crippen LogP contribution in [0, 0.1) is 11.6 Å². The fraction of sp³-hybridized carbons (Fsp3) is 0.385. The Morgan fingerprint density at radius 3 is 2.59 bits per heavy atom. The smallest absolute Gasteiger partial charge is 0.150 e. The molecule has 92 valence electrons. The maximum Gasteiger partial charge on any atom is 0.150 e. The van der Waals surface area contributed by atoms with Gasteiger partial charge in [0.1, 0.15) is 11.6 Å². The summed E-state index contributed by atoms with van der Waals surface area (Å²) in [7, 11) is 0. The topological polar surface area (TPSA) is 30.9 Å². The summed E-state index contributed by atoms with van der Waals surface area (Å²) in [6.45, 7) is 4.40. The van der Waals surface area contributed by atoms with Crippen molar-refractivity contribution in [2.45, 2.75) is 26.3 Å². The second-order valence-corrected chi connectivity index (χ2v) is 4.48. The van der Waals surface area contributed by atoms with E-state index in [2.05, 4.69) is 0 Å². The van der Waals surface area contributed by atoms with E-state index < -0.39 is 11.6 Å². The molecule has 1 aromatic carbocycles. The number of nitrogens with two attached hydrogens (primary N) is 1. The lowest BCUT2D eigenvalue weighted by Gasteiger charge is -2.09. The molecule has 0 saturated carbocycles. The fourth-order valence-electron chi connectivity index (χ4n) is 2.14. The molecule has 2 N–H and O–H groups in total.